The number of benzene rings is 1. The van der Waals surface area contributed by atoms with Gasteiger partial charge >= 0.3 is 5.97 Å². The minimum absolute atomic E-state index is 0.194. The number of aliphatic carboxylic acids is 1. The zero-order valence-electron chi connectivity index (χ0n) is 12.4. The van der Waals surface area contributed by atoms with E-state index in [2.05, 4.69) is 0 Å². The van der Waals surface area contributed by atoms with Crippen LogP contribution in [0.5, 0.6) is 11.5 Å². The van der Waals surface area contributed by atoms with Gasteiger partial charge < -0.3 is 40.5 Å². The molecule has 1 heterocycles. The summed E-state index contributed by atoms with van der Waals surface area (Å²) >= 11 is 0. The van der Waals surface area contributed by atoms with E-state index in [1.807, 2.05) is 0 Å². The fraction of sp³-hybridized carbons (Fsp3) is 0.400. The molecular formula is C15H18O9. The first-order chi connectivity index (χ1) is 11.3. The topological polar surface area (TPSA) is 168 Å². The van der Waals surface area contributed by atoms with Crippen molar-refractivity contribution < 1.29 is 45.3 Å². The number of phenols is 2. The Kier molecular flexibility index (Phi) is 5.42. The van der Waals surface area contributed by atoms with Crippen molar-refractivity contribution >= 4 is 12.0 Å². The number of carbonyl (C=O) groups is 1. The van der Waals surface area contributed by atoms with Crippen LogP contribution in [0, 0.1) is 0 Å². The molecule has 0 bridgehead atoms. The largest absolute Gasteiger partial charge is 0.504 e. The highest BCUT2D eigenvalue weighted by atomic mass is 16.5. The predicted octanol–water partition coefficient (Wildman–Crippen LogP) is -1.59. The Labute approximate surface area is 136 Å². The number of carboxylic acids is 1. The van der Waals surface area contributed by atoms with Gasteiger partial charge in [-0.2, -0.15) is 0 Å². The molecule has 0 radical (unpaired) electrons. The van der Waals surface area contributed by atoms with E-state index in [1.54, 1.807) is 0 Å². The molecule has 132 valence electrons. The van der Waals surface area contributed by atoms with Gasteiger partial charge in [-0.15, -0.1) is 0 Å². The monoisotopic (exact) mass is 342 g/mol. The highest BCUT2D eigenvalue weighted by molar-refractivity contribution is 5.93. The first kappa shape index (κ1) is 18.2. The second-order valence-corrected chi connectivity index (χ2v) is 5.40. The molecule has 0 spiro atoms. The van der Waals surface area contributed by atoms with Crippen LogP contribution in [-0.2, 0) is 9.53 Å². The maximum atomic E-state index is 11.5. The van der Waals surface area contributed by atoms with Gasteiger partial charge in [-0.05, 0) is 23.8 Å². The lowest BCUT2D eigenvalue weighted by Crippen LogP contribution is -2.59. The Balaban J connectivity index is 2.40. The Morgan fingerprint density at radius 3 is 2.29 bits per heavy atom. The van der Waals surface area contributed by atoms with Crippen molar-refractivity contribution in [3.63, 3.8) is 0 Å². The van der Waals surface area contributed by atoms with Crippen LogP contribution in [0.15, 0.2) is 23.8 Å². The average molecular weight is 342 g/mol. The summed E-state index contributed by atoms with van der Waals surface area (Å²) in [4.78, 5) is 11.5. The lowest BCUT2D eigenvalue weighted by atomic mass is 9.90. The van der Waals surface area contributed by atoms with Crippen molar-refractivity contribution in [1.29, 1.82) is 0 Å². The molecule has 5 atom stereocenters. The number of hydrogen-bond donors (Lipinski definition) is 7. The first-order valence-corrected chi connectivity index (χ1v) is 7.03. The molecule has 1 aliphatic heterocycles. The summed E-state index contributed by atoms with van der Waals surface area (Å²) in [6.45, 7) is -0.686. The van der Waals surface area contributed by atoms with Gasteiger partial charge in [0.1, 0.15) is 30.5 Å². The van der Waals surface area contributed by atoms with Crippen LogP contribution >= 0.6 is 0 Å². The molecule has 1 fully saturated rings. The summed E-state index contributed by atoms with van der Waals surface area (Å²) in [7, 11) is 0. The summed E-state index contributed by atoms with van der Waals surface area (Å²) < 4.78 is 5.21. The van der Waals surface area contributed by atoms with Gasteiger partial charge in [-0.3, -0.25) is 0 Å². The van der Waals surface area contributed by atoms with Crippen molar-refractivity contribution in [2.75, 3.05) is 6.61 Å². The Bertz CT molecular complexity index is 640. The molecule has 7 N–H and O–H groups in total. The Morgan fingerprint density at radius 1 is 1.08 bits per heavy atom. The molecular weight excluding hydrogens is 324 g/mol. The molecule has 2 rings (SSSR count). The minimum atomic E-state index is -1.74. The summed E-state index contributed by atoms with van der Waals surface area (Å²) in [5.41, 5.74) is -0.267. The van der Waals surface area contributed by atoms with E-state index in [4.69, 9.17) is 9.84 Å². The Hall–Kier alpha value is -2.17. The molecule has 1 aromatic rings. The molecule has 0 aliphatic carbocycles. The molecule has 1 aromatic carbocycles. The average Bonchev–Trinajstić information content (AvgIpc) is 2.54. The third-order valence-electron chi connectivity index (χ3n) is 3.77. The van der Waals surface area contributed by atoms with E-state index in [-0.39, 0.29) is 5.56 Å². The molecule has 1 saturated heterocycles. The number of hydrogen-bond acceptors (Lipinski definition) is 8. The second-order valence-electron chi connectivity index (χ2n) is 5.40. The normalized spacial score (nSPS) is 31.0. The lowest BCUT2D eigenvalue weighted by Gasteiger charge is -2.40. The highest BCUT2D eigenvalue weighted by Gasteiger charge is 2.46. The van der Waals surface area contributed by atoms with Gasteiger partial charge in [-0.1, -0.05) is 6.07 Å². The molecule has 24 heavy (non-hydrogen) atoms. The number of carboxylic acid groups (broad SMARTS) is 1. The highest BCUT2D eigenvalue weighted by Crippen LogP contribution is 2.29. The second kappa shape index (κ2) is 7.16. The summed E-state index contributed by atoms with van der Waals surface area (Å²) in [5, 5.41) is 66.7. The molecule has 9 nitrogen and oxygen atoms in total. The van der Waals surface area contributed by atoms with Crippen molar-refractivity contribution in [1.82, 2.24) is 0 Å². The zero-order valence-corrected chi connectivity index (χ0v) is 12.4. The maximum absolute atomic E-state index is 11.5. The molecule has 1 unspecified atom stereocenters. The summed E-state index contributed by atoms with van der Waals surface area (Å²) in [5.74, 6) is -2.33. The lowest BCUT2D eigenvalue weighted by molar-refractivity contribution is -0.220. The third-order valence-corrected chi connectivity index (χ3v) is 3.77. The molecule has 0 amide bonds. The van der Waals surface area contributed by atoms with Gasteiger partial charge in [0, 0.05) is 0 Å². The van der Waals surface area contributed by atoms with E-state index in [0.717, 1.165) is 18.2 Å². The molecule has 0 aromatic heterocycles. The number of aliphatic hydroxyl groups is 4. The van der Waals surface area contributed by atoms with Gasteiger partial charge in [0.05, 0.1) is 12.2 Å². The van der Waals surface area contributed by atoms with Crippen molar-refractivity contribution in [2.45, 2.75) is 30.5 Å². The minimum Gasteiger partial charge on any atom is -0.504 e. The number of rotatable bonds is 4. The van der Waals surface area contributed by atoms with Crippen molar-refractivity contribution in [3.8, 4) is 11.5 Å². The van der Waals surface area contributed by atoms with Gasteiger partial charge in [0.15, 0.2) is 11.5 Å². The molecule has 1 aliphatic rings. The number of aliphatic hydroxyl groups excluding tert-OH is 4. The Morgan fingerprint density at radius 2 is 1.75 bits per heavy atom. The van der Waals surface area contributed by atoms with Crippen LogP contribution in [0.3, 0.4) is 0 Å². The van der Waals surface area contributed by atoms with Crippen LogP contribution < -0.4 is 0 Å². The van der Waals surface area contributed by atoms with Gasteiger partial charge in [0.2, 0.25) is 0 Å². The van der Waals surface area contributed by atoms with Crippen LogP contribution in [0.1, 0.15) is 5.56 Å². The molecule has 9 heteroatoms. The predicted molar refractivity (Wildman–Crippen MR) is 79.2 cm³/mol. The first-order valence-electron chi connectivity index (χ1n) is 7.03. The van der Waals surface area contributed by atoms with E-state index < -0.39 is 60.2 Å². The van der Waals surface area contributed by atoms with Crippen LogP contribution in [-0.4, -0.2) is 78.8 Å². The quantitative estimate of drug-likeness (QED) is 0.252. The smallest absolute Gasteiger partial charge is 0.334 e. The number of phenolic OH excluding ortho intramolecular Hbond substituents is 2. The SMILES string of the molecule is O=C(O)C(=Cc1ccc(O)c(O)c1)C1O[C@H](CO)[C@@H](O)[C@H](O)[C@H]1O. The zero-order chi connectivity index (χ0) is 18.0. The number of ether oxygens (including phenoxy) is 1. The van der Waals surface area contributed by atoms with Crippen molar-refractivity contribution in [2.24, 2.45) is 0 Å². The summed E-state index contributed by atoms with van der Waals surface area (Å²) in [6.07, 6.45) is -6.74. The maximum Gasteiger partial charge on any atom is 0.334 e. The summed E-state index contributed by atoms with van der Waals surface area (Å²) in [6, 6.07) is 3.57. The fourth-order valence-electron chi connectivity index (χ4n) is 2.43. The van der Waals surface area contributed by atoms with Gasteiger partial charge in [0.25, 0.3) is 0 Å². The fourth-order valence-corrected chi connectivity index (χ4v) is 2.43. The van der Waals surface area contributed by atoms with Crippen molar-refractivity contribution in [3.05, 3.63) is 29.3 Å². The van der Waals surface area contributed by atoms with Crippen LogP contribution in [0.25, 0.3) is 6.08 Å². The number of aromatic hydroxyl groups is 2. The standard InChI is InChI=1S/C15H18O9/c16-5-10-11(19)12(20)13(21)14(24-10)7(15(22)23)3-6-1-2-8(17)9(18)4-6/h1-4,10-14,16-21H,5H2,(H,22,23)/t10-,11-,12+,13-,14?/m1/s1. The van der Waals surface area contributed by atoms with E-state index in [9.17, 15) is 35.4 Å². The molecule has 0 saturated carbocycles. The van der Waals surface area contributed by atoms with E-state index in [1.165, 1.54) is 6.07 Å². The third kappa shape index (κ3) is 3.50. The van der Waals surface area contributed by atoms with E-state index in [0.29, 0.717) is 0 Å². The van der Waals surface area contributed by atoms with Crippen LogP contribution in [0.2, 0.25) is 0 Å². The van der Waals surface area contributed by atoms with E-state index >= 15 is 0 Å². The van der Waals surface area contributed by atoms with Gasteiger partial charge in [-0.25, -0.2) is 4.79 Å². The van der Waals surface area contributed by atoms with Crippen LogP contribution in [0.4, 0.5) is 0 Å².